The van der Waals surface area contributed by atoms with Crippen LogP contribution in [0.1, 0.15) is 12.6 Å². The van der Waals surface area contributed by atoms with Crippen LogP contribution in [0.25, 0.3) is 6.08 Å². The van der Waals surface area contributed by atoms with Crippen molar-refractivity contribution < 1.29 is 0 Å². The standard InChI is InChI=1S/C9H10ClNS/c1-3-4-8-9(12-2)5-7(10)6-11-8/h3-6H,1-2H3/b4-3+. The van der Waals surface area contributed by atoms with E-state index in [1.807, 2.05) is 31.4 Å². The highest BCUT2D eigenvalue weighted by molar-refractivity contribution is 7.98. The molecule has 64 valence electrons. The fraction of sp³-hybridized carbons (Fsp3) is 0.222. The molecule has 0 amide bonds. The van der Waals surface area contributed by atoms with Crippen LogP contribution in [-0.2, 0) is 0 Å². The summed E-state index contributed by atoms with van der Waals surface area (Å²) in [6.07, 6.45) is 7.62. The molecule has 0 unspecified atom stereocenters. The predicted octanol–water partition coefficient (Wildman–Crippen LogP) is 3.49. The first kappa shape index (κ1) is 9.62. The highest BCUT2D eigenvalue weighted by Gasteiger charge is 1.99. The molecule has 0 spiro atoms. The molecule has 0 aliphatic heterocycles. The summed E-state index contributed by atoms with van der Waals surface area (Å²) in [5.74, 6) is 0. The zero-order valence-electron chi connectivity index (χ0n) is 7.04. The fourth-order valence-corrected chi connectivity index (χ4v) is 1.68. The van der Waals surface area contributed by atoms with Gasteiger partial charge in [-0.25, -0.2) is 0 Å². The summed E-state index contributed by atoms with van der Waals surface area (Å²) in [6, 6.07) is 1.93. The number of hydrogen-bond acceptors (Lipinski definition) is 2. The van der Waals surface area contributed by atoms with Crippen LogP contribution in [-0.4, -0.2) is 11.2 Å². The summed E-state index contributed by atoms with van der Waals surface area (Å²) in [4.78, 5) is 5.31. The molecule has 0 aromatic carbocycles. The lowest BCUT2D eigenvalue weighted by Gasteiger charge is -2.01. The van der Waals surface area contributed by atoms with Gasteiger partial charge in [-0.05, 0) is 25.3 Å². The molecule has 0 saturated heterocycles. The van der Waals surface area contributed by atoms with Crippen molar-refractivity contribution in [1.29, 1.82) is 0 Å². The van der Waals surface area contributed by atoms with E-state index < -0.39 is 0 Å². The Morgan fingerprint density at radius 2 is 2.33 bits per heavy atom. The number of halogens is 1. The van der Waals surface area contributed by atoms with Gasteiger partial charge in [0.05, 0.1) is 10.7 Å². The number of pyridine rings is 1. The normalized spacial score (nSPS) is 10.9. The zero-order valence-corrected chi connectivity index (χ0v) is 8.62. The molecule has 1 aromatic heterocycles. The maximum atomic E-state index is 5.80. The van der Waals surface area contributed by atoms with Crippen LogP contribution in [0.4, 0.5) is 0 Å². The lowest BCUT2D eigenvalue weighted by molar-refractivity contribution is 1.20. The van der Waals surface area contributed by atoms with Gasteiger partial charge in [0, 0.05) is 11.1 Å². The van der Waals surface area contributed by atoms with Gasteiger partial charge >= 0.3 is 0 Å². The number of hydrogen-bond donors (Lipinski definition) is 0. The molecule has 0 bridgehead atoms. The first-order valence-electron chi connectivity index (χ1n) is 3.60. The largest absolute Gasteiger partial charge is 0.254 e. The third kappa shape index (κ3) is 2.26. The van der Waals surface area contributed by atoms with E-state index in [1.165, 1.54) is 0 Å². The Bertz CT molecular complexity index is 297. The Balaban J connectivity index is 3.10. The first-order chi connectivity index (χ1) is 5.77. The maximum absolute atomic E-state index is 5.80. The van der Waals surface area contributed by atoms with E-state index in [9.17, 15) is 0 Å². The molecule has 0 fully saturated rings. The topological polar surface area (TPSA) is 12.9 Å². The van der Waals surface area contributed by atoms with Crippen LogP contribution < -0.4 is 0 Å². The average molecular weight is 200 g/mol. The van der Waals surface area contributed by atoms with Crippen molar-refractivity contribution in [1.82, 2.24) is 4.98 Å². The molecule has 1 rings (SSSR count). The smallest absolute Gasteiger partial charge is 0.0763 e. The SMILES string of the molecule is C/C=C/c1ncc(Cl)cc1SC. The lowest BCUT2D eigenvalue weighted by Crippen LogP contribution is -1.84. The molecule has 12 heavy (non-hydrogen) atoms. The zero-order chi connectivity index (χ0) is 8.97. The molecule has 1 nitrogen and oxygen atoms in total. The van der Waals surface area contributed by atoms with Gasteiger partial charge in [-0.1, -0.05) is 17.7 Å². The van der Waals surface area contributed by atoms with Crippen LogP contribution in [0.2, 0.25) is 5.02 Å². The molecule has 1 aromatic rings. The van der Waals surface area contributed by atoms with E-state index in [2.05, 4.69) is 4.98 Å². The molecule has 1 heterocycles. The minimum absolute atomic E-state index is 0.688. The number of allylic oxidation sites excluding steroid dienone is 1. The number of nitrogens with zero attached hydrogens (tertiary/aromatic N) is 1. The van der Waals surface area contributed by atoms with Crippen LogP contribution in [0, 0.1) is 0 Å². The molecule has 0 saturated carbocycles. The van der Waals surface area contributed by atoms with E-state index in [4.69, 9.17) is 11.6 Å². The molecule has 3 heteroatoms. The van der Waals surface area contributed by atoms with E-state index in [1.54, 1.807) is 18.0 Å². The summed E-state index contributed by atoms with van der Waals surface area (Å²) in [5, 5.41) is 0.688. The van der Waals surface area contributed by atoms with E-state index in [-0.39, 0.29) is 0 Å². The minimum atomic E-state index is 0.688. The van der Waals surface area contributed by atoms with E-state index in [0.29, 0.717) is 5.02 Å². The van der Waals surface area contributed by atoms with Crippen molar-refractivity contribution in [3.8, 4) is 0 Å². The fourth-order valence-electron chi connectivity index (χ4n) is 0.878. The Hall–Kier alpha value is -0.470. The Morgan fingerprint density at radius 3 is 2.92 bits per heavy atom. The van der Waals surface area contributed by atoms with Gasteiger partial charge in [-0.2, -0.15) is 0 Å². The monoisotopic (exact) mass is 199 g/mol. The van der Waals surface area contributed by atoms with Gasteiger partial charge < -0.3 is 0 Å². The number of thioether (sulfide) groups is 1. The molecule has 0 aliphatic rings. The quantitative estimate of drug-likeness (QED) is 0.677. The Labute approximate surface area is 81.8 Å². The summed E-state index contributed by atoms with van der Waals surface area (Å²) in [6.45, 7) is 1.97. The highest BCUT2D eigenvalue weighted by atomic mass is 35.5. The molecule has 0 aliphatic carbocycles. The minimum Gasteiger partial charge on any atom is -0.254 e. The summed E-state index contributed by atoms with van der Waals surface area (Å²) in [7, 11) is 0. The van der Waals surface area contributed by atoms with Gasteiger partial charge in [0.2, 0.25) is 0 Å². The van der Waals surface area contributed by atoms with Gasteiger partial charge in [-0.3, -0.25) is 4.98 Å². The molecular weight excluding hydrogens is 190 g/mol. The summed E-state index contributed by atoms with van der Waals surface area (Å²) in [5.41, 5.74) is 0.981. The van der Waals surface area contributed by atoms with Crippen molar-refractivity contribution in [2.75, 3.05) is 6.26 Å². The number of aromatic nitrogens is 1. The van der Waals surface area contributed by atoms with Gasteiger partial charge in [0.25, 0.3) is 0 Å². The Kier molecular flexibility index (Phi) is 3.63. The summed E-state index contributed by atoms with van der Waals surface area (Å²) < 4.78 is 0. The van der Waals surface area contributed by atoms with Crippen molar-refractivity contribution in [3.63, 3.8) is 0 Å². The van der Waals surface area contributed by atoms with Gasteiger partial charge in [0.15, 0.2) is 0 Å². The van der Waals surface area contributed by atoms with Crippen LogP contribution >= 0.6 is 23.4 Å². The van der Waals surface area contributed by atoms with Crippen LogP contribution in [0.15, 0.2) is 23.2 Å². The summed E-state index contributed by atoms with van der Waals surface area (Å²) >= 11 is 7.45. The highest BCUT2D eigenvalue weighted by Crippen LogP contribution is 2.22. The van der Waals surface area contributed by atoms with Gasteiger partial charge in [0.1, 0.15) is 0 Å². The second-order valence-electron chi connectivity index (χ2n) is 2.24. The van der Waals surface area contributed by atoms with Gasteiger partial charge in [-0.15, -0.1) is 11.8 Å². The maximum Gasteiger partial charge on any atom is 0.0763 e. The molecule has 0 N–H and O–H groups in total. The second-order valence-corrected chi connectivity index (χ2v) is 3.53. The third-order valence-electron chi connectivity index (χ3n) is 1.39. The predicted molar refractivity (Wildman–Crippen MR) is 55.7 cm³/mol. The van der Waals surface area contributed by atoms with Crippen molar-refractivity contribution >= 4 is 29.4 Å². The molecule has 0 radical (unpaired) electrons. The number of rotatable bonds is 2. The first-order valence-corrected chi connectivity index (χ1v) is 5.20. The van der Waals surface area contributed by atoms with Crippen molar-refractivity contribution in [2.45, 2.75) is 11.8 Å². The van der Waals surface area contributed by atoms with Crippen molar-refractivity contribution in [2.24, 2.45) is 0 Å². The van der Waals surface area contributed by atoms with Crippen LogP contribution in [0.3, 0.4) is 0 Å². The van der Waals surface area contributed by atoms with E-state index in [0.717, 1.165) is 10.6 Å². The lowest BCUT2D eigenvalue weighted by atomic mass is 10.3. The van der Waals surface area contributed by atoms with Crippen molar-refractivity contribution in [3.05, 3.63) is 29.1 Å². The molecular formula is C9H10ClNS. The molecule has 0 atom stereocenters. The average Bonchev–Trinajstić information content (AvgIpc) is 2.08. The second kappa shape index (κ2) is 4.53. The van der Waals surface area contributed by atoms with E-state index >= 15 is 0 Å². The van der Waals surface area contributed by atoms with Crippen LogP contribution in [0.5, 0.6) is 0 Å². The Morgan fingerprint density at radius 1 is 1.58 bits per heavy atom. The third-order valence-corrected chi connectivity index (χ3v) is 2.37.